The molecule has 0 unspecified atom stereocenters. The molecule has 0 amide bonds. The van der Waals surface area contributed by atoms with Gasteiger partial charge < -0.3 is 9.73 Å². The molecule has 0 aliphatic carbocycles. The number of pyridine rings is 1. The lowest BCUT2D eigenvalue weighted by Crippen LogP contribution is -2.15. The summed E-state index contributed by atoms with van der Waals surface area (Å²) in [5.41, 5.74) is 1.52. The smallest absolute Gasteiger partial charge is 0.259 e. The lowest BCUT2D eigenvalue weighted by atomic mass is 10.2. The van der Waals surface area contributed by atoms with E-state index in [1.165, 1.54) is 10.5 Å². The second-order valence-corrected chi connectivity index (χ2v) is 5.39. The largest absolute Gasteiger partial charge is 0.459 e. The SMILES string of the molecule is O=c1cc(NCc2ccc(-c3ccccc3)o2)nc2ccccn12. The highest BCUT2D eigenvalue weighted by Crippen LogP contribution is 2.22. The summed E-state index contributed by atoms with van der Waals surface area (Å²) in [5.74, 6) is 2.13. The van der Waals surface area contributed by atoms with E-state index in [-0.39, 0.29) is 5.56 Å². The molecule has 1 N–H and O–H groups in total. The molecule has 0 saturated carbocycles. The standard InChI is InChI=1S/C19H15N3O2/c23-19-12-17(21-18-8-4-5-11-22(18)19)20-13-15-9-10-16(24-15)14-6-2-1-3-7-14/h1-12,20H,13H2. The number of rotatable bonds is 4. The molecule has 5 heteroatoms. The quantitative estimate of drug-likeness (QED) is 0.625. The molecule has 0 atom stereocenters. The Bertz CT molecular complexity index is 1040. The number of hydrogen-bond donors (Lipinski definition) is 1. The van der Waals surface area contributed by atoms with Gasteiger partial charge in [0, 0.05) is 17.8 Å². The van der Waals surface area contributed by atoms with Gasteiger partial charge in [0.25, 0.3) is 5.56 Å². The van der Waals surface area contributed by atoms with Crippen molar-refractivity contribution in [3.63, 3.8) is 0 Å². The Kier molecular flexibility index (Phi) is 3.59. The lowest BCUT2D eigenvalue weighted by Gasteiger charge is -2.05. The van der Waals surface area contributed by atoms with E-state index in [0.717, 1.165) is 17.1 Å². The van der Waals surface area contributed by atoms with E-state index in [1.807, 2.05) is 48.5 Å². The topological polar surface area (TPSA) is 59.5 Å². The molecule has 0 bridgehead atoms. The maximum Gasteiger partial charge on any atom is 0.259 e. The molecule has 0 saturated heterocycles. The van der Waals surface area contributed by atoms with Crippen molar-refractivity contribution in [3.8, 4) is 11.3 Å². The van der Waals surface area contributed by atoms with Crippen LogP contribution in [-0.4, -0.2) is 9.38 Å². The predicted octanol–water partition coefficient (Wildman–Crippen LogP) is 3.57. The van der Waals surface area contributed by atoms with Crippen LogP contribution < -0.4 is 10.9 Å². The molecular weight excluding hydrogens is 302 g/mol. The summed E-state index contributed by atoms with van der Waals surface area (Å²) >= 11 is 0. The summed E-state index contributed by atoms with van der Waals surface area (Å²) in [7, 11) is 0. The van der Waals surface area contributed by atoms with Crippen LogP contribution in [0.3, 0.4) is 0 Å². The molecule has 3 aromatic heterocycles. The molecule has 4 rings (SSSR count). The lowest BCUT2D eigenvalue weighted by molar-refractivity contribution is 0.531. The summed E-state index contributed by atoms with van der Waals surface area (Å²) in [6, 6.07) is 20.7. The van der Waals surface area contributed by atoms with E-state index in [1.54, 1.807) is 18.3 Å². The van der Waals surface area contributed by atoms with Gasteiger partial charge in [0.2, 0.25) is 0 Å². The number of benzene rings is 1. The van der Waals surface area contributed by atoms with Crippen molar-refractivity contribution in [2.24, 2.45) is 0 Å². The first-order chi connectivity index (χ1) is 11.8. The normalized spacial score (nSPS) is 10.8. The van der Waals surface area contributed by atoms with Crippen LogP contribution in [0, 0.1) is 0 Å². The Labute approximate surface area is 138 Å². The van der Waals surface area contributed by atoms with Gasteiger partial charge in [-0.05, 0) is 24.3 Å². The first kappa shape index (κ1) is 14.3. The fourth-order valence-electron chi connectivity index (χ4n) is 2.55. The maximum atomic E-state index is 12.1. The van der Waals surface area contributed by atoms with E-state index in [2.05, 4.69) is 10.3 Å². The zero-order chi connectivity index (χ0) is 16.4. The van der Waals surface area contributed by atoms with Gasteiger partial charge in [0.05, 0.1) is 6.54 Å². The fraction of sp³-hybridized carbons (Fsp3) is 0.0526. The van der Waals surface area contributed by atoms with Crippen LogP contribution in [0.4, 0.5) is 5.82 Å². The summed E-state index contributed by atoms with van der Waals surface area (Å²) < 4.78 is 7.34. The highest BCUT2D eigenvalue weighted by molar-refractivity contribution is 5.57. The van der Waals surface area contributed by atoms with E-state index >= 15 is 0 Å². The second kappa shape index (κ2) is 6.04. The number of anilines is 1. The van der Waals surface area contributed by atoms with E-state index in [4.69, 9.17) is 4.42 Å². The third-order valence-corrected chi connectivity index (χ3v) is 3.73. The van der Waals surface area contributed by atoms with Crippen LogP contribution in [0.1, 0.15) is 5.76 Å². The van der Waals surface area contributed by atoms with Gasteiger partial charge >= 0.3 is 0 Å². The Hall–Kier alpha value is -3.34. The molecule has 0 radical (unpaired) electrons. The number of aromatic nitrogens is 2. The number of fused-ring (bicyclic) bond motifs is 1. The molecule has 1 aromatic carbocycles. The molecule has 4 aromatic rings. The first-order valence-corrected chi connectivity index (χ1v) is 7.66. The molecule has 24 heavy (non-hydrogen) atoms. The minimum atomic E-state index is -0.118. The Balaban J connectivity index is 1.53. The Morgan fingerprint density at radius 3 is 2.71 bits per heavy atom. The highest BCUT2D eigenvalue weighted by atomic mass is 16.3. The summed E-state index contributed by atoms with van der Waals surface area (Å²) in [6.45, 7) is 0.461. The number of nitrogens with zero attached hydrogens (tertiary/aromatic N) is 2. The van der Waals surface area contributed by atoms with Gasteiger partial charge in [-0.15, -0.1) is 0 Å². The second-order valence-electron chi connectivity index (χ2n) is 5.39. The number of furan rings is 1. The van der Waals surface area contributed by atoms with Crippen LogP contribution >= 0.6 is 0 Å². The van der Waals surface area contributed by atoms with Crippen LogP contribution in [0.2, 0.25) is 0 Å². The van der Waals surface area contributed by atoms with Gasteiger partial charge in [0.15, 0.2) is 0 Å². The van der Waals surface area contributed by atoms with Gasteiger partial charge in [-0.3, -0.25) is 9.20 Å². The van der Waals surface area contributed by atoms with Crippen LogP contribution in [-0.2, 0) is 6.54 Å². The molecule has 5 nitrogen and oxygen atoms in total. The molecule has 0 fully saturated rings. The van der Waals surface area contributed by atoms with Gasteiger partial charge in [-0.2, -0.15) is 0 Å². The monoisotopic (exact) mass is 317 g/mol. The summed E-state index contributed by atoms with van der Waals surface area (Å²) in [4.78, 5) is 16.5. The molecule has 0 aliphatic rings. The van der Waals surface area contributed by atoms with Crippen molar-refractivity contribution in [2.45, 2.75) is 6.54 Å². The first-order valence-electron chi connectivity index (χ1n) is 7.66. The average Bonchev–Trinajstić information content (AvgIpc) is 3.10. The average molecular weight is 317 g/mol. The molecule has 0 spiro atoms. The maximum absolute atomic E-state index is 12.1. The Morgan fingerprint density at radius 1 is 1.00 bits per heavy atom. The predicted molar refractivity (Wildman–Crippen MR) is 92.9 cm³/mol. The van der Waals surface area contributed by atoms with Crippen LogP contribution in [0.25, 0.3) is 17.0 Å². The van der Waals surface area contributed by atoms with Crippen LogP contribution in [0.5, 0.6) is 0 Å². The van der Waals surface area contributed by atoms with Gasteiger partial charge in [0.1, 0.15) is 23.0 Å². The van der Waals surface area contributed by atoms with Crippen molar-refractivity contribution in [1.82, 2.24) is 9.38 Å². The number of nitrogens with one attached hydrogen (secondary N) is 1. The van der Waals surface area contributed by atoms with E-state index < -0.39 is 0 Å². The molecule has 118 valence electrons. The van der Waals surface area contributed by atoms with Crippen molar-refractivity contribution in [3.05, 3.63) is 89.0 Å². The minimum Gasteiger partial charge on any atom is -0.459 e. The minimum absolute atomic E-state index is 0.118. The molecular formula is C19H15N3O2. The number of hydrogen-bond acceptors (Lipinski definition) is 4. The highest BCUT2D eigenvalue weighted by Gasteiger charge is 2.06. The summed E-state index contributed by atoms with van der Waals surface area (Å²) in [6.07, 6.45) is 1.70. The van der Waals surface area contributed by atoms with Crippen molar-refractivity contribution in [2.75, 3.05) is 5.32 Å². The zero-order valence-electron chi connectivity index (χ0n) is 12.8. The van der Waals surface area contributed by atoms with Gasteiger partial charge in [-0.1, -0.05) is 36.4 Å². The third kappa shape index (κ3) is 2.79. The zero-order valence-corrected chi connectivity index (χ0v) is 12.8. The Morgan fingerprint density at radius 2 is 1.83 bits per heavy atom. The van der Waals surface area contributed by atoms with Crippen molar-refractivity contribution >= 4 is 11.5 Å². The van der Waals surface area contributed by atoms with Crippen molar-refractivity contribution < 1.29 is 4.42 Å². The van der Waals surface area contributed by atoms with Crippen LogP contribution in [0.15, 0.2) is 82.1 Å². The molecule has 0 aliphatic heterocycles. The fourth-order valence-corrected chi connectivity index (χ4v) is 2.55. The summed E-state index contributed by atoms with van der Waals surface area (Å²) in [5, 5.41) is 3.14. The van der Waals surface area contributed by atoms with Crippen molar-refractivity contribution in [1.29, 1.82) is 0 Å². The third-order valence-electron chi connectivity index (χ3n) is 3.73. The van der Waals surface area contributed by atoms with Gasteiger partial charge in [-0.25, -0.2) is 4.98 Å². The van der Waals surface area contributed by atoms with E-state index in [9.17, 15) is 4.79 Å². The molecule has 3 heterocycles. The van der Waals surface area contributed by atoms with E-state index in [0.29, 0.717) is 18.0 Å².